The van der Waals surface area contributed by atoms with E-state index in [4.69, 9.17) is 5.73 Å². The summed E-state index contributed by atoms with van der Waals surface area (Å²) in [5, 5.41) is 3.33. The van der Waals surface area contributed by atoms with E-state index in [0.717, 1.165) is 55.1 Å². The first-order valence-electron chi connectivity index (χ1n) is 10.7. The highest BCUT2D eigenvalue weighted by Crippen LogP contribution is 2.33. The maximum absolute atomic E-state index is 12.8. The summed E-state index contributed by atoms with van der Waals surface area (Å²) in [5.74, 6) is -0.661. The van der Waals surface area contributed by atoms with Gasteiger partial charge in [0.25, 0.3) is 5.91 Å². The molecule has 0 aliphatic carbocycles. The molecule has 6 nitrogen and oxygen atoms in total. The number of hydrogen-bond acceptors (Lipinski definition) is 5. The molecule has 0 bridgehead atoms. The average molecular weight is 489 g/mol. The fourth-order valence-corrected chi connectivity index (χ4v) is 4.86. The van der Waals surface area contributed by atoms with Crippen LogP contribution in [0.2, 0.25) is 0 Å². The summed E-state index contributed by atoms with van der Waals surface area (Å²) >= 11 is 1.13. The fourth-order valence-electron chi connectivity index (χ4n) is 3.90. The van der Waals surface area contributed by atoms with Crippen LogP contribution >= 0.6 is 11.3 Å². The summed E-state index contributed by atoms with van der Waals surface area (Å²) in [6, 6.07) is 12.1. The molecule has 3 N–H and O–H groups in total. The first-order valence-corrected chi connectivity index (χ1v) is 11.5. The number of amides is 2. The van der Waals surface area contributed by atoms with Crippen LogP contribution in [0.25, 0.3) is 10.6 Å². The van der Waals surface area contributed by atoms with Crippen LogP contribution in [-0.2, 0) is 11.0 Å². The zero-order valence-corrected chi connectivity index (χ0v) is 19.2. The molecule has 10 heteroatoms. The Hall–Kier alpha value is -3.40. The minimum Gasteiger partial charge on any atom is -0.371 e. The number of piperidine rings is 1. The van der Waals surface area contributed by atoms with E-state index in [9.17, 15) is 22.8 Å². The van der Waals surface area contributed by atoms with Crippen molar-refractivity contribution in [2.45, 2.75) is 25.9 Å². The number of halogens is 3. The second kappa shape index (κ2) is 9.46. The molecule has 0 saturated carbocycles. The van der Waals surface area contributed by atoms with Crippen LogP contribution in [0.4, 0.5) is 24.5 Å². The number of hydrogen-bond donors (Lipinski definition) is 2. The monoisotopic (exact) mass is 488 g/mol. The fraction of sp³-hybridized carbons (Fsp3) is 0.292. The predicted octanol–water partition coefficient (Wildman–Crippen LogP) is 5.09. The van der Waals surface area contributed by atoms with Gasteiger partial charge < -0.3 is 16.0 Å². The van der Waals surface area contributed by atoms with Crippen molar-refractivity contribution in [3.8, 4) is 10.6 Å². The first kappa shape index (κ1) is 23.7. The molecule has 0 unspecified atom stereocenters. The maximum Gasteiger partial charge on any atom is 0.416 e. The molecule has 1 fully saturated rings. The van der Waals surface area contributed by atoms with Crippen molar-refractivity contribution in [1.29, 1.82) is 0 Å². The molecule has 2 heterocycles. The molecular weight excluding hydrogens is 465 g/mol. The third kappa shape index (κ3) is 5.22. The third-order valence-corrected chi connectivity index (χ3v) is 7.05. The molecule has 0 spiro atoms. The van der Waals surface area contributed by atoms with E-state index in [0.29, 0.717) is 26.8 Å². The molecule has 2 aromatic carbocycles. The largest absolute Gasteiger partial charge is 0.416 e. The Bertz CT molecular complexity index is 1180. The predicted molar refractivity (Wildman–Crippen MR) is 126 cm³/mol. The van der Waals surface area contributed by atoms with Crippen molar-refractivity contribution >= 4 is 34.5 Å². The smallest absolute Gasteiger partial charge is 0.371 e. The SMILES string of the molecule is Cc1nc(-c2ccc(C(F)(F)F)cc2)sc1C(=O)Nc1ccc(N2CCC(C(N)=O)CC2)cc1. The van der Waals surface area contributed by atoms with E-state index in [1.807, 2.05) is 12.1 Å². The van der Waals surface area contributed by atoms with Gasteiger partial charge in [-0.05, 0) is 56.2 Å². The third-order valence-electron chi connectivity index (χ3n) is 5.85. The summed E-state index contributed by atoms with van der Waals surface area (Å²) < 4.78 is 38.4. The van der Waals surface area contributed by atoms with Crippen molar-refractivity contribution in [2.75, 3.05) is 23.3 Å². The Morgan fingerprint density at radius 3 is 2.24 bits per heavy atom. The second-order valence-corrected chi connectivity index (χ2v) is 9.17. The topological polar surface area (TPSA) is 88.3 Å². The summed E-state index contributed by atoms with van der Waals surface area (Å²) in [4.78, 5) is 31.1. The maximum atomic E-state index is 12.8. The van der Waals surface area contributed by atoms with Gasteiger partial charge in [0.05, 0.1) is 11.3 Å². The number of thiazole rings is 1. The first-order chi connectivity index (χ1) is 16.1. The van der Waals surface area contributed by atoms with Crippen LogP contribution in [-0.4, -0.2) is 29.9 Å². The number of benzene rings is 2. The van der Waals surface area contributed by atoms with E-state index < -0.39 is 11.7 Å². The van der Waals surface area contributed by atoms with Crippen molar-refractivity contribution in [1.82, 2.24) is 4.98 Å². The normalized spacial score (nSPS) is 14.8. The number of rotatable bonds is 5. The van der Waals surface area contributed by atoms with Crippen LogP contribution < -0.4 is 16.0 Å². The van der Waals surface area contributed by atoms with Crippen LogP contribution in [0.5, 0.6) is 0 Å². The molecule has 0 atom stereocenters. The Balaban J connectivity index is 1.41. The van der Waals surface area contributed by atoms with Gasteiger partial charge in [-0.2, -0.15) is 13.2 Å². The molecule has 1 aliphatic heterocycles. The Morgan fingerprint density at radius 1 is 1.06 bits per heavy atom. The molecule has 0 radical (unpaired) electrons. The molecule has 34 heavy (non-hydrogen) atoms. The van der Waals surface area contributed by atoms with Gasteiger partial charge in [-0.1, -0.05) is 12.1 Å². The van der Waals surface area contributed by atoms with Gasteiger partial charge in [-0.25, -0.2) is 4.98 Å². The number of nitrogens with one attached hydrogen (secondary N) is 1. The Morgan fingerprint density at radius 2 is 1.68 bits per heavy atom. The molecule has 1 aliphatic rings. The Labute approximate surface area is 198 Å². The highest BCUT2D eigenvalue weighted by molar-refractivity contribution is 7.17. The lowest BCUT2D eigenvalue weighted by Crippen LogP contribution is -2.38. The van der Waals surface area contributed by atoms with E-state index in [-0.39, 0.29) is 17.7 Å². The van der Waals surface area contributed by atoms with Crippen molar-refractivity contribution in [2.24, 2.45) is 11.7 Å². The number of primary amides is 1. The number of alkyl halides is 3. The van der Waals surface area contributed by atoms with E-state index in [1.54, 1.807) is 19.1 Å². The quantitative estimate of drug-likeness (QED) is 0.524. The van der Waals surface area contributed by atoms with Crippen molar-refractivity contribution < 1.29 is 22.8 Å². The molecule has 1 aromatic heterocycles. The minimum absolute atomic E-state index is 0.0788. The molecule has 3 aromatic rings. The van der Waals surface area contributed by atoms with Gasteiger partial charge in [0.1, 0.15) is 9.88 Å². The van der Waals surface area contributed by atoms with Crippen LogP contribution in [0.1, 0.15) is 33.8 Å². The lowest BCUT2D eigenvalue weighted by molar-refractivity contribution is -0.137. The van der Waals surface area contributed by atoms with Crippen molar-refractivity contribution in [3.05, 3.63) is 64.7 Å². The molecule has 178 valence electrons. The lowest BCUT2D eigenvalue weighted by atomic mass is 9.96. The zero-order valence-electron chi connectivity index (χ0n) is 18.4. The number of nitrogens with zero attached hydrogens (tertiary/aromatic N) is 2. The second-order valence-electron chi connectivity index (χ2n) is 8.17. The molecule has 2 amide bonds. The zero-order chi connectivity index (χ0) is 24.5. The molecule has 4 rings (SSSR count). The molecule has 1 saturated heterocycles. The lowest BCUT2D eigenvalue weighted by Gasteiger charge is -2.32. The van der Waals surface area contributed by atoms with Gasteiger partial charge >= 0.3 is 6.18 Å². The van der Waals surface area contributed by atoms with Gasteiger partial charge in [-0.3, -0.25) is 9.59 Å². The summed E-state index contributed by atoms with van der Waals surface area (Å²) in [5.41, 5.74) is 7.30. The van der Waals surface area contributed by atoms with Gasteiger partial charge in [0, 0.05) is 35.9 Å². The standard InChI is InChI=1S/C24H23F3N4O2S/c1-14-20(34-23(29-14)16-2-4-17(5-3-16)24(25,26)27)22(33)30-18-6-8-19(9-7-18)31-12-10-15(11-13-31)21(28)32/h2-9,15H,10-13H2,1H3,(H2,28,32)(H,30,33). The number of aryl methyl sites for hydroxylation is 1. The summed E-state index contributed by atoms with van der Waals surface area (Å²) in [7, 11) is 0. The van der Waals surface area contributed by atoms with Gasteiger partial charge in [0.2, 0.25) is 5.91 Å². The Kier molecular flexibility index (Phi) is 6.60. The van der Waals surface area contributed by atoms with E-state index in [1.165, 1.54) is 12.1 Å². The average Bonchev–Trinajstić information content (AvgIpc) is 3.21. The number of carbonyl (C=O) groups is 2. The highest BCUT2D eigenvalue weighted by atomic mass is 32.1. The number of aromatic nitrogens is 1. The minimum atomic E-state index is -4.40. The van der Waals surface area contributed by atoms with E-state index >= 15 is 0 Å². The number of carbonyl (C=O) groups excluding carboxylic acids is 2. The van der Waals surface area contributed by atoms with Crippen molar-refractivity contribution in [3.63, 3.8) is 0 Å². The summed E-state index contributed by atoms with van der Waals surface area (Å²) in [6.07, 6.45) is -2.96. The van der Waals surface area contributed by atoms with Gasteiger partial charge in [-0.15, -0.1) is 11.3 Å². The van der Waals surface area contributed by atoms with E-state index in [2.05, 4.69) is 15.2 Å². The highest BCUT2D eigenvalue weighted by Gasteiger charge is 2.30. The van der Waals surface area contributed by atoms with Crippen LogP contribution in [0.3, 0.4) is 0 Å². The summed E-state index contributed by atoms with van der Waals surface area (Å²) in [6.45, 7) is 3.18. The van der Waals surface area contributed by atoms with Gasteiger partial charge in [0.15, 0.2) is 0 Å². The van der Waals surface area contributed by atoms with Crippen LogP contribution in [0, 0.1) is 12.8 Å². The number of anilines is 2. The number of nitrogens with two attached hydrogens (primary N) is 1. The molecular formula is C24H23F3N4O2S. The van der Waals surface area contributed by atoms with Crippen LogP contribution in [0.15, 0.2) is 48.5 Å².